The van der Waals surface area contributed by atoms with E-state index in [1.807, 2.05) is 0 Å². The molecule has 1 aromatic rings. The van der Waals surface area contributed by atoms with Crippen molar-refractivity contribution in [1.29, 1.82) is 0 Å². The number of carbonyl (C=O) groups is 1. The van der Waals surface area contributed by atoms with Gasteiger partial charge in [-0.1, -0.05) is 0 Å². The Morgan fingerprint density at radius 2 is 2.14 bits per heavy atom. The van der Waals surface area contributed by atoms with Gasteiger partial charge >= 0.3 is 0 Å². The highest BCUT2D eigenvalue weighted by Gasteiger charge is 2.23. The van der Waals surface area contributed by atoms with Gasteiger partial charge in [-0.15, -0.1) is 0 Å². The zero-order chi connectivity index (χ0) is 10.1. The molecule has 14 heavy (non-hydrogen) atoms. The van der Waals surface area contributed by atoms with Crippen LogP contribution in [0, 0.1) is 0 Å². The number of methoxy groups -OCH3 is 1. The standard InChI is InChI=1S/C11H12O3/c1-14-10-6-5-8(12)7-3-2-4-9(13)11(7)10/h5-6,12H,2-4H2,1H3. The summed E-state index contributed by atoms with van der Waals surface area (Å²) in [4.78, 5) is 11.6. The van der Waals surface area contributed by atoms with Gasteiger partial charge < -0.3 is 9.84 Å². The predicted octanol–water partition coefficient (Wildman–Crippen LogP) is 1.92. The minimum atomic E-state index is 0.0685. The van der Waals surface area contributed by atoms with Crippen molar-refractivity contribution in [2.24, 2.45) is 0 Å². The van der Waals surface area contributed by atoms with E-state index >= 15 is 0 Å². The second-order valence-corrected chi connectivity index (χ2v) is 3.42. The number of carbonyl (C=O) groups excluding carboxylic acids is 1. The van der Waals surface area contributed by atoms with Gasteiger partial charge in [0.05, 0.1) is 12.7 Å². The predicted molar refractivity (Wildman–Crippen MR) is 51.9 cm³/mol. The fourth-order valence-corrected chi connectivity index (χ4v) is 1.89. The van der Waals surface area contributed by atoms with Gasteiger partial charge in [-0.2, -0.15) is 0 Å². The van der Waals surface area contributed by atoms with Crippen LogP contribution in [0.4, 0.5) is 0 Å². The number of aromatic hydroxyl groups is 1. The highest BCUT2D eigenvalue weighted by atomic mass is 16.5. The molecule has 0 aromatic heterocycles. The summed E-state index contributed by atoms with van der Waals surface area (Å²) in [6, 6.07) is 3.22. The van der Waals surface area contributed by atoms with Crippen molar-refractivity contribution in [2.75, 3.05) is 7.11 Å². The van der Waals surface area contributed by atoms with Crippen molar-refractivity contribution in [1.82, 2.24) is 0 Å². The number of rotatable bonds is 1. The van der Waals surface area contributed by atoms with E-state index in [9.17, 15) is 9.90 Å². The molecule has 0 aliphatic heterocycles. The molecule has 2 rings (SSSR count). The van der Waals surface area contributed by atoms with E-state index in [2.05, 4.69) is 0 Å². The number of hydrogen-bond donors (Lipinski definition) is 1. The van der Waals surface area contributed by atoms with E-state index < -0.39 is 0 Å². The molecule has 1 N–H and O–H groups in total. The Bertz CT molecular complexity index is 382. The molecule has 0 spiro atoms. The Labute approximate surface area is 82.3 Å². The fraction of sp³-hybridized carbons (Fsp3) is 0.364. The van der Waals surface area contributed by atoms with Crippen LogP contribution in [0.15, 0.2) is 12.1 Å². The largest absolute Gasteiger partial charge is 0.508 e. The topological polar surface area (TPSA) is 46.5 Å². The van der Waals surface area contributed by atoms with Gasteiger partial charge in [0.25, 0.3) is 0 Å². The van der Waals surface area contributed by atoms with Crippen molar-refractivity contribution < 1.29 is 14.6 Å². The lowest BCUT2D eigenvalue weighted by Gasteiger charge is -2.18. The SMILES string of the molecule is COc1ccc(O)c2c1C(=O)CCC2. The first-order chi connectivity index (χ1) is 6.74. The van der Waals surface area contributed by atoms with Crippen LogP contribution < -0.4 is 4.74 Å². The maximum atomic E-state index is 11.6. The highest BCUT2D eigenvalue weighted by Crippen LogP contribution is 2.35. The molecular formula is C11H12O3. The van der Waals surface area contributed by atoms with Crippen LogP contribution in [0.1, 0.15) is 28.8 Å². The Kier molecular flexibility index (Phi) is 2.15. The van der Waals surface area contributed by atoms with Gasteiger partial charge in [-0.05, 0) is 25.0 Å². The van der Waals surface area contributed by atoms with Crippen molar-refractivity contribution in [2.45, 2.75) is 19.3 Å². The van der Waals surface area contributed by atoms with E-state index in [1.165, 1.54) is 7.11 Å². The zero-order valence-corrected chi connectivity index (χ0v) is 8.04. The van der Waals surface area contributed by atoms with Crippen molar-refractivity contribution in [3.8, 4) is 11.5 Å². The summed E-state index contributed by atoms with van der Waals surface area (Å²) in [5.74, 6) is 0.843. The van der Waals surface area contributed by atoms with Crippen LogP contribution >= 0.6 is 0 Å². The Balaban J connectivity index is 2.64. The lowest BCUT2D eigenvalue weighted by Crippen LogP contribution is -2.12. The van der Waals surface area contributed by atoms with Crippen LogP contribution in [0.2, 0.25) is 0 Å². The Morgan fingerprint density at radius 1 is 1.36 bits per heavy atom. The number of phenolic OH excluding ortho intramolecular Hbond substituents is 1. The van der Waals surface area contributed by atoms with Gasteiger partial charge in [0.2, 0.25) is 0 Å². The summed E-state index contributed by atoms with van der Waals surface area (Å²) >= 11 is 0. The number of ether oxygens (including phenoxy) is 1. The molecule has 74 valence electrons. The molecule has 1 aromatic carbocycles. The molecule has 0 fully saturated rings. The lowest BCUT2D eigenvalue weighted by atomic mass is 9.89. The number of ketones is 1. The Morgan fingerprint density at radius 3 is 2.86 bits per heavy atom. The number of fused-ring (bicyclic) bond motifs is 1. The lowest BCUT2D eigenvalue weighted by molar-refractivity contribution is 0.0968. The van der Waals surface area contributed by atoms with Crippen LogP contribution in [-0.2, 0) is 6.42 Å². The maximum Gasteiger partial charge on any atom is 0.167 e. The number of benzene rings is 1. The molecule has 1 aliphatic carbocycles. The molecular weight excluding hydrogens is 180 g/mol. The first kappa shape index (κ1) is 9.06. The molecule has 0 bridgehead atoms. The fourth-order valence-electron chi connectivity index (χ4n) is 1.89. The highest BCUT2D eigenvalue weighted by molar-refractivity contribution is 6.01. The first-order valence-electron chi connectivity index (χ1n) is 4.66. The average molecular weight is 192 g/mol. The third kappa shape index (κ3) is 1.25. The average Bonchev–Trinajstić information content (AvgIpc) is 2.20. The summed E-state index contributed by atoms with van der Waals surface area (Å²) in [7, 11) is 1.54. The van der Waals surface area contributed by atoms with E-state index in [0.29, 0.717) is 17.7 Å². The van der Waals surface area contributed by atoms with Gasteiger partial charge in [0, 0.05) is 12.0 Å². The molecule has 3 heteroatoms. The van der Waals surface area contributed by atoms with E-state index in [4.69, 9.17) is 4.74 Å². The number of hydrogen-bond acceptors (Lipinski definition) is 3. The molecule has 1 aliphatic rings. The van der Waals surface area contributed by atoms with E-state index in [-0.39, 0.29) is 11.5 Å². The summed E-state index contributed by atoms with van der Waals surface area (Å²) in [5.41, 5.74) is 1.30. The van der Waals surface area contributed by atoms with Crippen LogP contribution in [-0.4, -0.2) is 18.0 Å². The van der Waals surface area contributed by atoms with Crippen LogP contribution in [0.25, 0.3) is 0 Å². The molecule has 0 radical (unpaired) electrons. The second kappa shape index (κ2) is 3.33. The van der Waals surface area contributed by atoms with Gasteiger partial charge in [0.1, 0.15) is 11.5 Å². The van der Waals surface area contributed by atoms with E-state index in [0.717, 1.165) is 18.4 Å². The summed E-state index contributed by atoms with van der Waals surface area (Å²) in [6.07, 6.45) is 2.11. The smallest absolute Gasteiger partial charge is 0.167 e. The molecule has 3 nitrogen and oxygen atoms in total. The molecule has 0 atom stereocenters. The molecule has 0 saturated heterocycles. The minimum Gasteiger partial charge on any atom is -0.508 e. The Hall–Kier alpha value is -1.51. The summed E-state index contributed by atoms with van der Waals surface area (Å²) in [5, 5.41) is 9.59. The van der Waals surface area contributed by atoms with Crippen LogP contribution in [0.5, 0.6) is 11.5 Å². The quantitative estimate of drug-likeness (QED) is 0.739. The van der Waals surface area contributed by atoms with Crippen LogP contribution in [0.3, 0.4) is 0 Å². The number of Topliss-reactive ketones (excluding diaryl/α,β-unsaturated/α-hetero) is 1. The van der Waals surface area contributed by atoms with Gasteiger partial charge in [0.15, 0.2) is 5.78 Å². The number of phenols is 1. The molecule has 0 saturated carbocycles. The molecule has 0 amide bonds. The second-order valence-electron chi connectivity index (χ2n) is 3.42. The van der Waals surface area contributed by atoms with Gasteiger partial charge in [-0.3, -0.25) is 4.79 Å². The monoisotopic (exact) mass is 192 g/mol. The third-order valence-electron chi connectivity index (χ3n) is 2.58. The van der Waals surface area contributed by atoms with Gasteiger partial charge in [-0.25, -0.2) is 0 Å². The van der Waals surface area contributed by atoms with Crippen molar-refractivity contribution >= 4 is 5.78 Å². The summed E-state index contributed by atoms with van der Waals surface area (Å²) in [6.45, 7) is 0. The minimum absolute atomic E-state index is 0.0685. The molecule has 0 heterocycles. The first-order valence-corrected chi connectivity index (χ1v) is 4.66. The maximum absolute atomic E-state index is 11.6. The third-order valence-corrected chi connectivity index (χ3v) is 2.58. The normalized spacial score (nSPS) is 15.1. The summed E-state index contributed by atoms with van der Waals surface area (Å²) < 4.78 is 5.11. The van der Waals surface area contributed by atoms with E-state index in [1.54, 1.807) is 12.1 Å². The van der Waals surface area contributed by atoms with Crippen molar-refractivity contribution in [3.63, 3.8) is 0 Å². The van der Waals surface area contributed by atoms with Crippen molar-refractivity contribution in [3.05, 3.63) is 23.3 Å². The zero-order valence-electron chi connectivity index (χ0n) is 8.04. The molecule has 0 unspecified atom stereocenters.